The summed E-state index contributed by atoms with van der Waals surface area (Å²) in [7, 11) is 0. The number of hydrogen-bond donors (Lipinski definition) is 2. The number of rotatable bonds is 3. The Morgan fingerprint density at radius 1 is 1.40 bits per heavy atom. The summed E-state index contributed by atoms with van der Waals surface area (Å²) >= 11 is 0. The van der Waals surface area contributed by atoms with E-state index in [0.717, 1.165) is 6.08 Å². The second-order valence-electron chi connectivity index (χ2n) is 1.79. The number of carbonyl (C=O) groups is 2. The smallest absolute Gasteiger partial charge is 0.330 e. The Balaban J connectivity index is 3.92. The lowest BCUT2D eigenvalue weighted by molar-refractivity contribution is -0.136. The zero-order valence-electron chi connectivity index (χ0n) is 5.50. The number of carboxylic acids is 2. The molecule has 0 aromatic rings. The van der Waals surface area contributed by atoms with Crippen LogP contribution in [0.2, 0.25) is 0 Å². The van der Waals surface area contributed by atoms with Crippen molar-refractivity contribution in [1.29, 1.82) is 0 Å². The molecule has 4 nitrogen and oxygen atoms in total. The summed E-state index contributed by atoms with van der Waals surface area (Å²) in [5.74, 6) is -2.11. The van der Waals surface area contributed by atoms with Gasteiger partial charge in [0, 0.05) is 5.57 Å². The Kier molecular flexibility index (Phi) is 3.17. The molecule has 10 heavy (non-hydrogen) atoms. The van der Waals surface area contributed by atoms with Gasteiger partial charge in [-0.15, -0.1) is 0 Å². The predicted molar refractivity (Wildman–Crippen MR) is 33.6 cm³/mol. The lowest BCUT2D eigenvalue weighted by atomic mass is 10.2. The molecule has 0 spiro atoms. The molecule has 56 valence electrons. The van der Waals surface area contributed by atoms with Crippen LogP contribution in [0.25, 0.3) is 0 Å². The Hall–Kier alpha value is -1.32. The van der Waals surface area contributed by atoms with E-state index in [1.165, 1.54) is 6.92 Å². The zero-order valence-corrected chi connectivity index (χ0v) is 5.50. The number of aliphatic carboxylic acids is 2. The summed E-state index contributed by atoms with van der Waals surface area (Å²) < 4.78 is 0. The second kappa shape index (κ2) is 3.66. The van der Waals surface area contributed by atoms with Crippen molar-refractivity contribution in [2.45, 2.75) is 13.3 Å². The highest BCUT2D eigenvalue weighted by Gasteiger charge is 1.99. The third-order valence-corrected chi connectivity index (χ3v) is 0.920. The highest BCUT2D eigenvalue weighted by molar-refractivity contribution is 5.86. The van der Waals surface area contributed by atoms with Gasteiger partial charge < -0.3 is 10.2 Å². The first-order valence-corrected chi connectivity index (χ1v) is 2.66. The first kappa shape index (κ1) is 8.68. The molecule has 0 amide bonds. The average Bonchev–Trinajstić information content (AvgIpc) is 1.82. The van der Waals surface area contributed by atoms with Crippen LogP contribution in [0.15, 0.2) is 11.6 Å². The minimum atomic E-state index is -1.08. The van der Waals surface area contributed by atoms with Crippen molar-refractivity contribution in [3.8, 4) is 0 Å². The fourth-order valence-electron chi connectivity index (χ4n) is 0.328. The Bertz CT molecular complexity index is 180. The van der Waals surface area contributed by atoms with Crippen molar-refractivity contribution in [3.05, 3.63) is 11.6 Å². The molecular weight excluding hydrogens is 136 g/mol. The standard InChI is InChI=1S/C6H8O4/c1-4(6(9)10)2-3-5(7)8/h2H,3H2,1H3,(H,7,8)(H,9,10)/b4-2+. The van der Waals surface area contributed by atoms with Crippen molar-refractivity contribution in [2.75, 3.05) is 0 Å². The fraction of sp³-hybridized carbons (Fsp3) is 0.333. The molecule has 0 heterocycles. The summed E-state index contributed by atoms with van der Waals surface area (Å²) in [6.07, 6.45) is 0.919. The van der Waals surface area contributed by atoms with Gasteiger partial charge in [-0.05, 0) is 6.92 Å². The Labute approximate surface area is 57.8 Å². The molecule has 0 atom stereocenters. The maximum Gasteiger partial charge on any atom is 0.330 e. The summed E-state index contributed by atoms with van der Waals surface area (Å²) in [5.41, 5.74) is 0.0578. The number of carboxylic acid groups (broad SMARTS) is 2. The summed E-state index contributed by atoms with van der Waals surface area (Å²) in [5, 5.41) is 16.3. The molecule has 0 unspecified atom stereocenters. The van der Waals surface area contributed by atoms with Crippen molar-refractivity contribution in [1.82, 2.24) is 0 Å². The van der Waals surface area contributed by atoms with Gasteiger partial charge >= 0.3 is 11.9 Å². The largest absolute Gasteiger partial charge is 0.481 e. The van der Waals surface area contributed by atoms with Gasteiger partial charge in [0.15, 0.2) is 0 Å². The van der Waals surface area contributed by atoms with E-state index in [1.54, 1.807) is 0 Å². The Morgan fingerprint density at radius 2 is 1.90 bits per heavy atom. The molecule has 2 N–H and O–H groups in total. The van der Waals surface area contributed by atoms with E-state index in [-0.39, 0.29) is 12.0 Å². The molecule has 0 aliphatic carbocycles. The minimum absolute atomic E-state index is 0.0578. The molecule has 0 saturated carbocycles. The van der Waals surface area contributed by atoms with Crippen LogP contribution < -0.4 is 0 Å². The zero-order chi connectivity index (χ0) is 8.15. The van der Waals surface area contributed by atoms with Gasteiger partial charge in [0.2, 0.25) is 0 Å². The van der Waals surface area contributed by atoms with Crippen LogP contribution >= 0.6 is 0 Å². The molecule has 0 aromatic carbocycles. The highest BCUT2D eigenvalue weighted by atomic mass is 16.4. The van der Waals surface area contributed by atoms with Crippen molar-refractivity contribution < 1.29 is 19.8 Å². The quantitative estimate of drug-likeness (QED) is 0.565. The fourth-order valence-corrected chi connectivity index (χ4v) is 0.328. The normalized spacial score (nSPS) is 11.1. The second-order valence-corrected chi connectivity index (χ2v) is 1.79. The van der Waals surface area contributed by atoms with Gasteiger partial charge in [-0.3, -0.25) is 4.79 Å². The van der Waals surface area contributed by atoms with Crippen LogP contribution in [0.3, 0.4) is 0 Å². The van der Waals surface area contributed by atoms with Crippen LogP contribution in [-0.4, -0.2) is 22.2 Å². The maximum atomic E-state index is 10.1. The van der Waals surface area contributed by atoms with Gasteiger partial charge in [0.1, 0.15) is 0 Å². The van der Waals surface area contributed by atoms with Crippen molar-refractivity contribution in [3.63, 3.8) is 0 Å². The molecular formula is C6H8O4. The van der Waals surface area contributed by atoms with Gasteiger partial charge in [0.05, 0.1) is 6.42 Å². The van der Waals surface area contributed by atoms with Crippen LogP contribution in [0.5, 0.6) is 0 Å². The average molecular weight is 144 g/mol. The topological polar surface area (TPSA) is 74.6 Å². The van der Waals surface area contributed by atoms with Crippen LogP contribution in [-0.2, 0) is 9.59 Å². The van der Waals surface area contributed by atoms with Crippen LogP contribution in [0, 0.1) is 0 Å². The van der Waals surface area contributed by atoms with Gasteiger partial charge in [-0.25, -0.2) is 4.79 Å². The van der Waals surface area contributed by atoms with E-state index in [4.69, 9.17) is 10.2 Å². The lowest BCUT2D eigenvalue weighted by Gasteiger charge is -1.89. The van der Waals surface area contributed by atoms with E-state index in [2.05, 4.69) is 0 Å². The first-order chi connectivity index (χ1) is 4.54. The molecule has 0 aliphatic rings. The number of hydrogen-bond acceptors (Lipinski definition) is 2. The minimum Gasteiger partial charge on any atom is -0.481 e. The summed E-state index contributed by atoms with van der Waals surface area (Å²) in [6, 6.07) is 0. The van der Waals surface area contributed by atoms with Gasteiger partial charge in [-0.1, -0.05) is 6.08 Å². The third-order valence-electron chi connectivity index (χ3n) is 0.920. The van der Waals surface area contributed by atoms with Crippen LogP contribution in [0.1, 0.15) is 13.3 Å². The predicted octanol–water partition coefficient (Wildman–Crippen LogP) is 0.492. The molecule has 0 aromatic heterocycles. The van der Waals surface area contributed by atoms with Crippen molar-refractivity contribution >= 4 is 11.9 Å². The van der Waals surface area contributed by atoms with Gasteiger partial charge in [0.25, 0.3) is 0 Å². The van der Waals surface area contributed by atoms with E-state index < -0.39 is 11.9 Å². The van der Waals surface area contributed by atoms with E-state index in [1.807, 2.05) is 0 Å². The van der Waals surface area contributed by atoms with E-state index >= 15 is 0 Å². The summed E-state index contributed by atoms with van der Waals surface area (Å²) in [4.78, 5) is 19.9. The van der Waals surface area contributed by atoms with E-state index in [9.17, 15) is 9.59 Å². The Morgan fingerprint density at radius 3 is 2.20 bits per heavy atom. The monoisotopic (exact) mass is 144 g/mol. The van der Waals surface area contributed by atoms with E-state index in [0.29, 0.717) is 0 Å². The molecule has 4 heteroatoms. The molecule has 0 fully saturated rings. The van der Waals surface area contributed by atoms with Gasteiger partial charge in [-0.2, -0.15) is 0 Å². The first-order valence-electron chi connectivity index (χ1n) is 2.66. The lowest BCUT2D eigenvalue weighted by Crippen LogP contribution is -1.98. The maximum absolute atomic E-state index is 10.1. The molecule has 0 bridgehead atoms. The molecule has 0 saturated heterocycles. The SMILES string of the molecule is C/C(=C\CC(=O)O)C(=O)O. The third kappa shape index (κ3) is 3.65. The van der Waals surface area contributed by atoms with Crippen LogP contribution in [0.4, 0.5) is 0 Å². The molecule has 0 radical (unpaired) electrons. The molecule has 0 rings (SSSR count). The van der Waals surface area contributed by atoms with Crippen molar-refractivity contribution in [2.24, 2.45) is 0 Å². The highest BCUT2D eigenvalue weighted by Crippen LogP contribution is 1.94. The summed E-state index contributed by atoms with van der Waals surface area (Å²) in [6.45, 7) is 1.35. The molecule has 0 aliphatic heterocycles.